The van der Waals surface area contributed by atoms with Crippen molar-refractivity contribution >= 4 is 50.2 Å². The Morgan fingerprint density at radius 2 is 1.74 bits per heavy atom. The molecule has 0 fully saturated rings. The molecule has 1 atom stereocenters. The smallest absolute Gasteiger partial charge is 0.359 e. The SMILES string of the molecule is CCC(OC(=O)c1cnc2ccccc2n1)C(=O)Nc1nc(-c2ccc3ccccc3c2)cs1. The van der Waals surface area contributed by atoms with Crippen molar-refractivity contribution in [2.45, 2.75) is 19.4 Å². The van der Waals surface area contributed by atoms with Gasteiger partial charge in [0.15, 0.2) is 16.9 Å². The van der Waals surface area contributed by atoms with Gasteiger partial charge in [0.25, 0.3) is 5.91 Å². The van der Waals surface area contributed by atoms with Gasteiger partial charge in [-0.3, -0.25) is 15.1 Å². The molecule has 2 aromatic heterocycles. The molecule has 0 aliphatic heterocycles. The molecule has 168 valence electrons. The van der Waals surface area contributed by atoms with Crippen molar-refractivity contribution in [3.63, 3.8) is 0 Å². The van der Waals surface area contributed by atoms with Crippen LogP contribution in [0.25, 0.3) is 33.1 Å². The molecule has 0 saturated carbocycles. The predicted octanol–water partition coefficient (Wildman–Crippen LogP) is 5.48. The molecule has 0 aliphatic carbocycles. The lowest BCUT2D eigenvalue weighted by atomic mass is 10.1. The van der Waals surface area contributed by atoms with E-state index < -0.39 is 18.0 Å². The van der Waals surface area contributed by atoms with Crippen LogP contribution in [-0.4, -0.2) is 32.9 Å². The number of fused-ring (bicyclic) bond motifs is 2. The number of anilines is 1. The van der Waals surface area contributed by atoms with Gasteiger partial charge in [0.1, 0.15) is 0 Å². The minimum absolute atomic E-state index is 0.0535. The molecule has 1 amide bonds. The average Bonchev–Trinajstić information content (AvgIpc) is 3.34. The predicted molar refractivity (Wildman–Crippen MR) is 133 cm³/mol. The van der Waals surface area contributed by atoms with E-state index in [9.17, 15) is 9.59 Å². The monoisotopic (exact) mass is 468 g/mol. The maximum Gasteiger partial charge on any atom is 0.359 e. The fraction of sp³-hybridized carbons (Fsp3) is 0.115. The van der Waals surface area contributed by atoms with Crippen LogP contribution >= 0.6 is 11.3 Å². The van der Waals surface area contributed by atoms with E-state index in [1.165, 1.54) is 17.5 Å². The summed E-state index contributed by atoms with van der Waals surface area (Å²) in [7, 11) is 0. The molecule has 5 rings (SSSR count). The number of rotatable bonds is 6. The summed E-state index contributed by atoms with van der Waals surface area (Å²) in [4.78, 5) is 38.4. The van der Waals surface area contributed by atoms with Gasteiger partial charge in [-0.15, -0.1) is 11.3 Å². The first kappa shape index (κ1) is 21.7. The van der Waals surface area contributed by atoms with Crippen molar-refractivity contribution in [3.05, 3.63) is 84.0 Å². The lowest BCUT2D eigenvalue weighted by molar-refractivity contribution is -0.124. The zero-order valence-electron chi connectivity index (χ0n) is 18.3. The number of hydrogen-bond donors (Lipinski definition) is 1. The molecule has 0 spiro atoms. The molecule has 0 saturated heterocycles. The molecule has 3 aromatic carbocycles. The van der Waals surface area contributed by atoms with E-state index in [1.54, 1.807) is 19.1 Å². The van der Waals surface area contributed by atoms with E-state index >= 15 is 0 Å². The lowest BCUT2D eigenvalue weighted by Gasteiger charge is -2.14. The van der Waals surface area contributed by atoms with Crippen LogP contribution in [0.15, 0.2) is 78.3 Å². The van der Waals surface area contributed by atoms with Crippen molar-refractivity contribution in [2.75, 3.05) is 5.32 Å². The third-order valence-corrected chi connectivity index (χ3v) is 6.11. The summed E-state index contributed by atoms with van der Waals surface area (Å²) in [6.07, 6.45) is 0.682. The van der Waals surface area contributed by atoms with Gasteiger partial charge in [-0.1, -0.05) is 55.5 Å². The second-order valence-electron chi connectivity index (χ2n) is 7.64. The summed E-state index contributed by atoms with van der Waals surface area (Å²) >= 11 is 1.32. The highest BCUT2D eigenvalue weighted by Gasteiger charge is 2.24. The van der Waals surface area contributed by atoms with E-state index in [0.717, 1.165) is 22.0 Å². The lowest BCUT2D eigenvalue weighted by Crippen LogP contribution is -2.32. The number of benzene rings is 3. The fourth-order valence-corrected chi connectivity index (χ4v) is 4.29. The number of amides is 1. The molecule has 7 nitrogen and oxygen atoms in total. The summed E-state index contributed by atoms with van der Waals surface area (Å²) in [6, 6.07) is 21.4. The van der Waals surface area contributed by atoms with Crippen molar-refractivity contribution < 1.29 is 14.3 Å². The maximum absolute atomic E-state index is 12.8. The number of nitrogens with one attached hydrogen (secondary N) is 1. The van der Waals surface area contributed by atoms with Crippen LogP contribution in [0.4, 0.5) is 5.13 Å². The summed E-state index contributed by atoms with van der Waals surface area (Å²) < 4.78 is 5.43. The highest BCUT2D eigenvalue weighted by Crippen LogP contribution is 2.28. The quantitative estimate of drug-likeness (QED) is 0.332. The first-order valence-corrected chi connectivity index (χ1v) is 11.7. The summed E-state index contributed by atoms with van der Waals surface area (Å²) in [5, 5.41) is 7.36. The third kappa shape index (κ3) is 4.49. The molecule has 5 aromatic rings. The summed E-state index contributed by atoms with van der Waals surface area (Å²) in [5.41, 5.74) is 3.04. The zero-order valence-corrected chi connectivity index (χ0v) is 19.1. The molecule has 0 aliphatic rings. The largest absolute Gasteiger partial charge is 0.447 e. The minimum atomic E-state index is -0.978. The zero-order chi connectivity index (χ0) is 23.5. The molecule has 2 heterocycles. The van der Waals surface area contributed by atoms with E-state index in [1.807, 2.05) is 47.8 Å². The standard InChI is InChI=1S/C26H20N4O3S/c1-2-23(33-25(32)21-14-27-19-9-5-6-10-20(19)28-21)24(31)30-26-29-22(15-34-26)18-12-11-16-7-3-4-8-17(16)13-18/h3-15,23H,2H2,1H3,(H,29,30,31). The summed E-state index contributed by atoms with van der Waals surface area (Å²) in [5.74, 6) is -1.14. The maximum atomic E-state index is 12.8. The van der Waals surface area contributed by atoms with Crippen LogP contribution in [-0.2, 0) is 9.53 Å². The molecule has 0 radical (unpaired) electrons. The van der Waals surface area contributed by atoms with E-state index in [2.05, 4.69) is 32.4 Å². The number of thiazole rings is 1. The Morgan fingerprint density at radius 3 is 2.56 bits per heavy atom. The molecule has 1 N–H and O–H groups in total. The van der Waals surface area contributed by atoms with Crippen molar-refractivity contribution in [2.24, 2.45) is 0 Å². The molecular formula is C26H20N4O3S. The van der Waals surface area contributed by atoms with Gasteiger partial charge in [0.2, 0.25) is 0 Å². The topological polar surface area (TPSA) is 94.1 Å². The number of carbonyl (C=O) groups excluding carboxylic acids is 2. The number of ether oxygens (including phenoxy) is 1. The fourth-order valence-electron chi connectivity index (χ4n) is 3.57. The second kappa shape index (κ2) is 9.36. The van der Waals surface area contributed by atoms with Gasteiger partial charge >= 0.3 is 5.97 Å². The van der Waals surface area contributed by atoms with E-state index in [4.69, 9.17) is 4.74 Å². The normalized spacial score (nSPS) is 11.9. The highest BCUT2D eigenvalue weighted by molar-refractivity contribution is 7.14. The van der Waals surface area contributed by atoms with Gasteiger partial charge in [0, 0.05) is 10.9 Å². The van der Waals surface area contributed by atoms with E-state index in [-0.39, 0.29) is 5.69 Å². The number of aromatic nitrogens is 3. The number of para-hydroxylation sites is 2. The summed E-state index contributed by atoms with van der Waals surface area (Å²) in [6.45, 7) is 1.77. The Hall–Kier alpha value is -4.17. The van der Waals surface area contributed by atoms with Gasteiger partial charge in [-0.25, -0.2) is 14.8 Å². The first-order chi connectivity index (χ1) is 16.6. The van der Waals surface area contributed by atoms with E-state index in [0.29, 0.717) is 22.6 Å². The van der Waals surface area contributed by atoms with Gasteiger partial charge < -0.3 is 4.74 Å². The number of esters is 1. The van der Waals surface area contributed by atoms with Gasteiger partial charge in [-0.05, 0) is 35.4 Å². The number of nitrogens with zero attached hydrogens (tertiary/aromatic N) is 3. The Bertz CT molecular complexity index is 1510. The molecule has 8 heteroatoms. The van der Waals surface area contributed by atoms with Crippen LogP contribution in [0.3, 0.4) is 0 Å². The van der Waals surface area contributed by atoms with Crippen molar-refractivity contribution in [1.82, 2.24) is 15.0 Å². The van der Waals surface area contributed by atoms with Crippen molar-refractivity contribution in [3.8, 4) is 11.3 Å². The second-order valence-corrected chi connectivity index (χ2v) is 8.49. The molecule has 1 unspecified atom stereocenters. The average molecular weight is 469 g/mol. The third-order valence-electron chi connectivity index (χ3n) is 5.35. The molecule has 0 bridgehead atoms. The molecule has 34 heavy (non-hydrogen) atoms. The number of carbonyl (C=O) groups is 2. The van der Waals surface area contributed by atoms with Gasteiger partial charge in [0.05, 0.1) is 22.9 Å². The van der Waals surface area contributed by atoms with Crippen LogP contribution in [0.5, 0.6) is 0 Å². The Morgan fingerprint density at radius 1 is 0.971 bits per heavy atom. The highest BCUT2D eigenvalue weighted by atomic mass is 32.1. The molecular weight excluding hydrogens is 448 g/mol. The van der Waals surface area contributed by atoms with Crippen LogP contribution in [0.2, 0.25) is 0 Å². The first-order valence-electron chi connectivity index (χ1n) is 10.8. The Balaban J connectivity index is 1.27. The van der Waals surface area contributed by atoms with Crippen LogP contribution in [0, 0.1) is 0 Å². The Kier molecular flexibility index (Phi) is 5.97. The Labute approximate surface area is 199 Å². The van der Waals surface area contributed by atoms with Crippen LogP contribution < -0.4 is 5.32 Å². The minimum Gasteiger partial charge on any atom is -0.447 e. The van der Waals surface area contributed by atoms with Crippen LogP contribution in [0.1, 0.15) is 23.8 Å². The van der Waals surface area contributed by atoms with Gasteiger partial charge in [-0.2, -0.15) is 0 Å². The number of hydrogen-bond acceptors (Lipinski definition) is 7. The van der Waals surface area contributed by atoms with Crippen molar-refractivity contribution in [1.29, 1.82) is 0 Å².